The topological polar surface area (TPSA) is 61.3 Å². The number of rotatable bonds is 6. The molecule has 0 fully saturated rings. The number of benzene rings is 1. The van der Waals surface area contributed by atoms with Gasteiger partial charge in [-0.1, -0.05) is 17.3 Å². The molecule has 108 valence electrons. The summed E-state index contributed by atoms with van der Waals surface area (Å²) in [7, 11) is 1.70. The molecule has 2 rings (SSSR count). The second-order valence-corrected chi connectivity index (χ2v) is 5.02. The lowest BCUT2D eigenvalue weighted by Crippen LogP contribution is -2.02. The molecule has 0 amide bonds. The molecule has 0 unspecified atom stereocenters. The minimum Gasteiger partial charge on any atom is -0.496 e. The van der Waals surface area contributed by atoms with Gasteiger partial charge in [-0.2, -0.15) is 0 Å². The van der Waals surface area contributed by atoms with Crippen LogP contribution in [0, 0.1) is 13.8 Å². The average molecular weight is 274 g/mol. The Balaban J connectivity index is 2.28. The lowest BCUT2D eigenvalue weighted by atomic mass is 9.99. The first-order chi connectivity index (χ1) is 9.65. The molecule has 1 aromatic heterocycles. The van der Waals surface area contributed by atoms with E-state index in [1.165, 1.54) is 5.56 Å². The smallest absolute Gasteiger partial charge is 0.137 e. The van der Waals surface area contributed by atoms with Crippen LogP contribution in [0.15, 0.2) is 22.7 Å². The van der Waals surface area contributed by atoms with Crippen molar-refractivity contribution in [2.24, 2.45) is 5.73 Å². The van der Waals surface area contributed by atoms with Crippen LogP contribution in [-0.4, -0.2) is 18.8 Å². The Bertz CT molecular complexity index is 556. The molecule has 0 radical (unpaired) electrons. The third-order valence-corrected chi connectivity index (χ3v) is 3.56. The molecular weight excluding hydrogens is 252 g/mol. The van der Waals surface area contributed by atoms with Gasteiger partial charge in [0.15, 0.2) is 0 Å². The standard InChI is InChI=1S/C16H22N2O2/c1-11-15(12(2)20-18-11)10-14-9-13(5-4-8-17)6-7-16(14)19-3/h6-7,9H,4-5,8,10,17H2,1-3H3. The Hall–Kier alpha value is -1.81. The van der Waals surface area contributed by atoms with Crippen molar-refractivity contribution in [2.45, 2.75) is 33.1 Å². The third-order valence-electron chi connectivity index (χ3n) is 3.56. The zero-order chi connectivity index (χ0) is 14.5. The van der Waals surface area contributed by atoms with Crippen LogP contribution in [0.4, 0.5) is 0 Å². The Labute approximate surface area is 119 Å². The Morgan fingerprint density at radius 3 is 2.70 bits per heavy atom. The second-order valence-electron chi connectivity index (χ2n) is 5.02. The summed E-state index contributed by atoms with van der Waals surface area (Å²) in [6, 6.07) is 6.32. The van der Waals surface area contributed by atoms with Crippen LogP contribution in [0.3, 0.4) is 0 Å². The van der Waals surface area contributed by atoms with Gasteiger partial charge in [-0.15, -0.1) is 0 Å². The molecule has 0 spiro atoms. The number of hydrogen-bond acceptors (Lipinski definition) is 4. The van der Waals surface area contributed by atoms with E-state index < -0.39 is 0 Å². The van der Waals surface area contributed by atoms with Crippen molar-refractivity contribution in [2.75, 3.05) is 13.7 Å². The molecule has 4 heteroatoms. The molecule has 1 aromatic carbocycles. The van der Waals surface area contributed by atoms with Gasteiger partial charge in [0.25, 0.3) is 0 Å². The molecule has 0 aliphatic rings. The predicted octanol–water partition coefficient (Wildman–Crippen LogP) is 2.78. The molecule has 0 aliphatic carbocycles. The Morgan fingerprint density at radius 1 is 1.30 bits per heavy atom. The summed E-state index contributed by atoms with van der Waals surface area (Å²) in [4.78, 5) is 0. The lowest BCUT2D eigenvalue weighted by Gasteiger charge is -2.11. The summed E-state index contributed by atoms with van der Waals surface area (Å²) < 4.78 is 10.7. The van der Waals surface area contributed by atoms with Gasteiger partial charge in [0, 0.05) is 12.0 Å². The van der Waals surface area contributed by atoms with Crippen molar-refractivity contribution in [3.8, 4) is 5.75 Å². The van der Waals surface area contributed by atoms with E-state index in [4.69, 9.17) is 15.0 Å². The van der Waals surface area contributed by atoms with Gasteiger partial charge in [-0.05, 0) is 50.4 Å². The number of hydrogen-bond donors (Lipinski definition) is 1. The van der Waals surface area contributed by atoms with Crippen LogP contribution in [0.25, 0.3) is 0 Å². The van der Waals surface area contributed by atoms with Gasteiger partial charge in [0.2, 0.25) is 0 Å². The van der Waals surface area contributed by atoms with E-state index in [1.54, 1.807) is 7.11 Å². The number of ether oxygens (including phenoxy) is 1. The van der Waals surface area contributed by atoms with Gasteiger partial charge in [-0.3, -0.25) is 0 Å². The first-order valence-electron chi connectivity index (χ1n) is 6.93. The summed E-state index contributed by atoms with van der Waals surface area (Å²) in [5, 5.41) is 4.01. The van der Waals surface area contributed by atoms with Crippen molar-refractivity contribution in [1.29, 1.82) is 0 Å². The third kappa shape index (κ3) is 3.20. The molecule has 0 bridgehead atoms. The molecule has 0 atom stereocenters. The fourth-order valence-electron chi connectivity index (χ4n) is 2.38. The van der Waals surface area contributed by atoms with Crippen LogP contribution in [0.2, 0.25) is 0 Å². The van der Waals surface area contributed by atoms with Gasteiger partial charge in [0.05, 0.1) is 12.8 Å². The largest absolute Gasteiger partial charge is 0.496 e. The van der Waals surface area contributed by atoms with Crippen molar-refractivity contribution < 1.29 is 9.26 Å². The van der Waals surface area contributed by atoms with E-state index in [1.807, 2.05) is 19.9 Å². The summed E-state index contributed by atoms with van der Waals surface area (Å²) in [5.41, 5.74) is 10.1. The van der Waals surface area contributed by atoms with Crippen LogP contribution >= 0.6 is 0 Å². The first-order valence-corrected chi connectivity index (χ1v) is 6.93. The molecule has 1 heterocycles. The van der Waals surface area contributed by atoms with Crippen molar-refractivity contribution in [3.63, 3.8) is 0 Å². The minimum absolute atomic E-state index is 0.714. The fraction of sp³-hybridized carbons (Fsp3) is 0.438. The number of aryl methyl sites for hydroxylation is 3. The molecule has 0 saturated carbocycles. The second kappa shape index (κ2) is 6.57. The molecule has 2 aromatic rings. The maximum absolute atomic E-state index is 5.57. The van der Waals surface area contributed by atoms with Gasteiger partial charge >= 0.3 is 0 Å². The highest BCUT2D eigenvalue weighted by Gasteiger charge is 2.13. The van der Waals surface area contributed by atoms with Gasteiger partial charge < -0.3 is 15.0 Å². The summed E-state index contributed by atoms with van der Waals surface area (Å²) in [5.74, 6) is 1.78. The number of methoxy groups -OCH3 is 1. The SMILES string of the molecule is COc1ccc(CCCN)cc1Cc1c(C)noc1C. The molecule has 0 aliphatic heterocycles. The molecular formula is C16H22N2O2. The Kier molecular flexibility index (Phi) is 4.79. The predicted molar refractivity (Wildman–Crippen MR) is 79.2 cm³/mol. The minimum atomic E-state index is 0.714. The number of nitrogens with zero attached hydrogens (tertiary/aromatic N) is 1. The van der Waals surface area contributed by atoms with E-state index in [9.17, 15) is 0 Å². The highest BCUT2D eigenvalue weighted by atomic mass is 16.5. The van der Waals surface area contributed by atoms with E-state index in [0.717, 1.165) is 47.6 Å². The fourth-order valence-corrected chi connectivity index (χ4v) is 2.38. The number of nitrogens with two attached hydrogens (primary N) is 1. The maximum atomic E-state index is 5.57. The van der Waals surface area contributed by atoms with E-state index in [-0.39, 0.29) is 0 Å². The molecule has 4 nitrogen and oxygen atoms in total. The summed E-state index contributed by atoms with van der Waals surface area (Å²) >= 11 is 0. The highest BCUT2D eigenvalue weighted by molar-refractivity contribution is 5.41. The zero-order valence-corrected chi connectivity index (χ0v) is 12.4. The van der Waals surface area contributed by atoms with Gasteiger partial charge in [-0.25, -0.2) is 0 Å². The quantitative estimate of drug-likeness (QED) is 0.880. The lowest BCUT2D eigenvalue weighted by molar-refractivity contribution is 0.392. The highest BCUT2D eigenvalue weighted by Crippen LogP contribution is 2.26. The summed E-state index contributed by atoms with van der Waals surface area (Å²) in [6.45, 7) is 4.63. The average Bonchev–Trinajstić information content (AvgIpc) is 2.77. The normalized spacial score (nSPS) is 10.8. The van der Waals surface area contributed by atoms with E-state index in [0.29, 0.717) is 6.54 Å². The zero-order valence-electron chi connectivity index (χ0n) is 12.4. The van der Waals surface area contributed by atoms with Crippen molar-refractivity contribution in [3.05, 3.63) is 46.3 Å². The van der Waals surface area contributed by atoms with Gasteiger partial charge in [0.1, 0.15) is 11.5 Å². The number of aromatic nitrogens is 1. The summed E-state index contributed by atoms with van der Waals surface area (Å²) in [6.07, 6.45) is 2.77. The van der Waals surface area contributed by atoms with E-state index >= 15 is 0 Å². The monoisotopic (exact) mass is 274 g/mol. The molecule has 0 saturated heterocycles. The van der Waals surface area contributed by atoms with Crippen molar-refractivity contribution in [1.82, 2.24) is 5.16 Å². The molecule has 20 heavy (non-hydrogen) atoms. The maximum Gasteiger partial charge on any atom is 0.137 e. The first kappa shape index (κ1) is 14.6. The van der Waals surface area contributed by atoms with Crippen LogP contribution in [0.1, 0.15) is 34.6 Å². The van der Waals surface area contributed by atoms with Crippen LogP contribution < -0.4 is 10.5 Å². The molecule has 2 N–H and O–H groups in total. The van der Waals surface area contributed by atoms with Crippen LogP contribution in [0.5, 0.6) is 5.75 Å². The van der Waals surface area contributed by atoms with Crippen molar-refractivity contribution >= 4 is 0 Å². The van der Waals surface area contributed by atoms with E-state index in [2.05, 4.69) is 17.3 Å². The Morgan fingerprint density at radius 2 is 2.10 bits per heavy atom. The van der Waals surface area contributed by atoms with Crippen LogP contribution in [-0.2, 0) is 12.8 Å².